The van der Waals surface area contributed by atoms with Crippen LogP contribution in [0.3, 0.4) is 0 Å². The van der Waals surface area contributed by atoms with Crippen LogP contribution in [0, 0.1) is 17.0 Å². The van der Waals surface area contributed by atoms with Crippen LogP contribution in [-0.2, 0) is 0 Å². The van der Waals surface area contributed by atoms with E-state index in [1.165, 1.54) is 10.9 Å². The van der Waals surface area contributed by atoms with Gasteiger partial charge in [0.2, 0.25) is 0 Å². The van der Waals surface area contributed by atoms with E-state index in [2.05, 4.69) is 20.4 Å². The van der Waals surface area contributed by atoms with Gasteiger partial charge in [-0.2, -0.15) is 14.8 Å². The number of benzene rings is 1. The molecule has 10 nitrogen and oxygen atoms in total. The Morgan fingerprint density at radius 3 is 2.93 bits per heavy atom. The number of hydrogen-bond acceptors (Lipinski definition) is 8. The zero-order valence-electron chi connectivity index (χ0n) is 14.4. The molecule has 0 saturated carbocycles. The van der Waals surface area contributed by atoms with Crippen molar-refractivity contribution < 1.29 is 14.4 Å². The monoisotopic (exact) mass is 368 g/mol. The number of ether oxygens (including phenoxy) is 2. The number of anilines is 1. The second kappa shape index (κ2) is 6.90. The van der Waals surface area contributed by atoms with Crippen LogP contribution in [0.4, 0.5) is 11.5 Å². The molecule has 1 aromatic carbocycles. The summed E-state index contributed by atoms with van der Waals surface area (Å²) in [6.45, 7) is 2.71. The maximum absolute atomic E-state index is 10.8. The Bertz CT molecular complexity index is 989. The molecular weight excluding hydrogens is 352 g/mol. The number of nitrogens with one attached hydrogen (secondary N) is 1. The van der Waals surface area contributed by atoms with Gasteiger partial charge < -0.3 is 14.8 Å². The molecule has 1 aliphatic heterocycles. The van der Waals surface area contributed by atoms with Crippen LogP contribution >= 0.6 is 0 Å². The van der Waals surface area contributed by atoms with Crippen molar-refractivity contribution in [2.75, 3.05) is 18.5 Å². The maximum atomic E-state index is 10.8. The Kier molecular flexibility index (Phi) is 4.29. The largest absolute Gasteiger partial charge is 0.486 e. The minimum absolute atomic E-state index is 0.124. The van der Waals surface area contributed by atoms with Crippen molar-refractivity contribution in [1.29, 1.82) is 0 Å². The molecule has 0 fully saturated rings. The summed E-state index contributed by atoms with van der Waals surface area (Å²) in [6.07, 6.45) is 2.25. The highest BCUT2D eigenvalue weighted by Gasteiger charge is 2.20. The summed E-state index contributed by atoms with van der Waals surface area (Å²) < 4.78 is 12.9. The standard InChI is InChI=1S/C17H16N6O4/c1-11-6-16(21-17(20-11)22-9-12(7-19-22)23(24)25)18-8-13-10-26-14-4-2-3-5-15(14)27-13/h2-7,9,13H,8,10H2,1H3,(H,18,20,21)/t13-/m0/s1. The fourth-order valence-corrected chi connectivity index (χ4v) is 2.64. The summed E-state index contributed by atoms with van der Waals surface area (Å²) >= 11 is 0. The summed E-state index contributed by atoms with van der Waals surface area (Å²) in [5, 5.41) is 18.0. The molecule has 0 bridgehead atoms. The summed E-state index contributed by atoms with van der Waals surface area (Å²) in [7, 11) is 0. The molecule has 0 amide bonds. The minimum atomic E-state index is -0.517. The van der Waals surface area contributed by atoms with E-state index in [4.69, 9.17) is 9.47 Å². The number of aromatic nitrogens is 4. The first-order valence-corrected chi connectivity index (χ1v) is 8.26. The van der Waals surface area contributed by atoms with Gasteiger partial charge in [0, 0.05) is 11.8 Å². The van der Waals surface area contributed by atoms with Crippen LogP contribution in [0.5, 0.6) is 11.5 Å². The molecule has 2 aromatic heterocycles. The number of nitrogens with zero attached hydrogens (tertiary/aromatic N) is 5. The Balaban J connectivity index is 1.46. The fourth-order valence-electron chi connectivity index (χ4n) is 2.64. The van der Waals surface area contributed by atoms with Crippen molar-refractivity contribution in [2.45, 2.75) is 13.0 Å². The normalized spacial score (nSPS) is 15.4. The van der Waals surface area contributed by atoms with Crippen LogP contribution < -0.4 is 14.8 Å². The summed E-state index contributed by atoms with van der Waals surface area (Å²) in [6, 6.07) is 9.29. The van der Waals surface area contributed by atoms with Gasteiger partial charge in [-0.15, -0.1) is 0 Å². The fraction of sp³-hybridized carbons (Fsp3) is 0.235. The van der Waals surface area contributed by atoms with Crippen molar-refractivity contribution in [2.24, 2.45) is 0 Å². The van der Waals surface area contributed by atoms with E-state index in [9.17, 15) is 10.1 Å². The van der Waals surface area contributed by atoms with Crippen molar-refractivity contribution >= 4 is 11.5 Å². The molecule has 3 aromatic rings. The SMILES string of the molecule is Cc1cc(NC[C@H]2COc3ccccc3O2)nc(-n2cc([N+](=O)[O-])cn2)n1. The van der Waals surface area contributed by atoms with E-state index in [-0.39, 0.29) is 17.7 Å². The van der Waals surface area contributed by atoms with Gasteiger partial charge in [0.25, 0.3) is 5.95 Å². The molecule has 3 heterocycles. The van der Waals surface area contributed by atoms with Gasteiger partial charge in [0.15, 0.2) is 11.5 Å². The average Bonchev–Trinajstić information content (AvgIpc) is 3.16. The lowest BCUT2D eigenvalue weighted by molar-refractivity contribution is -0.384. The molecule has 138 valence electrons. The molecule has 1 atom stereocenters. The van der Waals surface area contributed by atoms with Crippen molar-refractivity contribution in [3.8, 4) is 17.4 Å². The number of fused-ring (bicyclic) bond motifs is 1. The van der Waals surface area contributed by atoms with E-state index >= 15 is 0 Å². The maximum Gasteiger partial charge on any atom is 0.307 e. The molecule has 10 heteroatoms. The van der Waals surface area contributed by atoms with Crippen LogP contribution in [0.25, 0.3) is 5.95 Å². The first kappa shape index (κ1) is 16.8. The number of nitro groups is 1. The highest BCUT2D eigenvalue weighted by atomic mass is 16.6. The lowest BCUT2D eigenvalue weighted by Gasteiger charge is -2.26. The van der Waals surface area contributed by atoms with E-state index in [1.807, 2.05) is 31.2 Å². The summed E-state index contributed by atoms with van der Waals surface area (Å²) in [5.74, 6) is 2.25. The van der Waals surface area contributed by atoms with Crippen molar-refractivity contribution in [1.82, 2.24) is 19.7 Å². The number of hydrogen-bond donors (Lipinski definition) is 1. The average molecular weight is 368 g/mol. The van der Waals surface area contributed by atoms with E-state index in [0.29, 0.717) is 30.4 Å². The van der Waals surface area contributed by atoms with Gasteiger partial charge in [-0.05, 0) is 19.1 Å². The molecule has 0 aliphatic carbocycles. The Labute approximate surface area is 153 Å². The van der Waals surface area contributed by atoms with Gasteiger partial charge in [-0.3, -0.25) is 10.1 Å². The smallest absolute Gasteiger partial charge is 0.307 e. The third-order valence-corrected chi connectivity index (χ3v) is 3.91. The Morgan fingerprint density at radius 1 is 1.33 bits per heavy atom. The molecule has 0 unspecified atom stereocenters. The molecule has 0 spiro atoms. The molecule has 1 aliphatic rings. The van der Waals surface area contributed by atoms with Gasteiger partial charge in [-0.25, -0.2) is 4.98 Å². The van der Waals surface area contributed by atoms with Gasteiger partial charge in [0.1, 0.15) is 30.9 Å². The highest BCUT2D eigenvalue weighted by Crippen LogP contribution is 2.30. The van der Waals surface area contributed by atoms with Gasteiger partial charge in [-0.1, -0.05) is 12.1 Å². The molecule has 27 heavy (non-hydrogen) atoms. The molecule has 0 saturated heterocycles. The first-order valence-electron chi connectivity index (χ1n) is 8.26. The second-order valence-electron chi connectivity index (χ2n) is 5.97. The molecular formula is C17H16N6O4. The second-order valence-corrected chi connectivity index (χ2v) is 5.97. The third-order valence-electron chi connectivity index (χ3n) is 3.91. The first-order chi connectivity index (χ1) is 13.1. The highest BCUT2D eigenvalue weighted by molar-refractivity contribution is 5.42. The minimum Gasteiger partial charge on any atom is -0.486 e. The number of aryl methyl sites for hydroxylation is 1. The number of para-hydroxylation sites is 2. The van der Waals surface area contributed by atoms with Gasteiger partial charge >= 0.3 is 5.69 Å². The zero-order valence-corrected chi connectivity index (χ0v) is 14.4. The van der Waals surface area contributed by atoms with E-state index < -0.39 is 4.92 Å². The quantitative estimate of drug-likeness (QED) is 0.538. The van der Waals surface area contributed by atoms with Crippen molar-refractivity contribution in [3.05, 3.63) is 58.5 Å². The van der Waals surface area contributed by atoms with E-state index in [1.54, 1.807) is 6.07 Å². The van der Waals surface area contributed by atoms with Crippen LogP contribution in [0.2, 0.25) is 0 Å². The van der Waals surface area contributed by atoms with Crippen molar-refractivity contribution in [3.63, 3.8) is 0 Å². The molecule has 0 radical (unpaired) electrons. The Morgan fingerprint density at radius 2 is 2.15 bits per heavy atom. The van der Waals surface area contributed by atoms with E-state index in [0.717, 1.165) is 11.9 Å². The van der Waals surface area contributed by atoms with Crippen LogP contribution in [0.1, 0.15) is 5.69 Å². The predicted octanol–water partition coefficient (Wildman–Crippen LogP) is 2.13. The zero-order chi connectivity index (χ0) is 18.8. The predicted molar refractivity (Wildman–Crippen MR) is 95.4 cm³/mol. The summed E-state index contributed by atoms with van der Waals surface area (Å²) in [4.78, 5) is 18.9. The summed E-state index contributed by atoms with van der Waals surface area (Å²) in [5.41, 5.74) is 0.577. The topological polar surface area (TPSA) is 117 Å². The third kappa shape index (κ3) is 3.64. The number of rotatable bonds is 5. The molecule has 4 rings (SSSR count). The lowest BCUT2D eigenvalue weighted by Crippen LogP contribution is -2.35. The lowest BCUT2D eigenvalue weighted by atomic mass is 10.2. The van der Waals surface area contributed by atoms with Crippen LogP contribution in [0.15, 0.2) is 42.7 Å². The van der Waals surface area contributed by atoms with Crippen LogP contribution in [-0.4, -0.2) is 43.9 Å². The Hall–Kier alpha value is -3.69. The van der Waals surface area contributed by atoms with Gasteiger partial charge in [0.05, 0.1) is 11.5 Å². The molecule has 1 N–H and O–H groups in total.